The van der Waals surface area contributed by atoms with Gasteiger partial charge in [0.2, 0.25) is 0 Å². The van der Waals surface area contributed by atoms with Crippen molar-refractivity contribution in [2.75, 3.05) is 0 Å². The smallest absolute Gasteiger partial charge is 0.0577 e. The van der Waals surface area contributed by atoms with Crippen LogP contribution in [0, 0.1) is 96.3 Å². The van der Waals surface area contributed by atoms with Crippen LogP contribution < -0.4 is 0 Å². The quantitative estimate of drug-likeness (QED) is 0.367. The van der Waals surface area contributed by atoms with Crippen LogP contribution in [0.4, 0.5) is 0 Å². The number of fused-ring (bicyclic) bond motifs is 5. The van der Waals surface area contributed by atoms with Gasteiger partial charge in [-0.15, -0.1) is 0 Å². The van der Waals surface area contributed by atoms with Crippen molar-refractivity contribution in [2.24, 2.45) is 52.3 Å². The van der Waals surface area contributed by atoms with E-state index in [9.17, 15) is 10.2 Å². The predicted octanol–water partition coefficient (Wildman–Crippen LogP) is 6.44. The largest absolute Gasteiger partial charge is 0.393 e. The van der Waals surface area contributed by atoms with Crippen LogP contribution in [-0.2, 0) is 0 Å². The van der Waals surface area contributed by atoms with Crippen LogP contribution in [0.3, 0.4) is 0 Å². The molecule has 171 valence electrons. The maximum atomic E-state index is 11.4. The van der Waals surface area contributed by atoms with Crippen molar-refractivity contribution >= 4 is 0 Å². The minimum absolute atomic E-state index is 0. The zero-order valence-electron chi connectivity index (χ0n) is 20.4. The SMILES string of the molecule is CC(C)CCCC(C)[C@H]1CCC2C3C(CC[C@@]21C)[C@@]1(C)CC[C@H](O)C[C@@H]1C[C@H]3O.[Ac]. The van der Waals surface area contributed by atoms with E-state index in [0.717, 1.165) is 42.9 Å². The molecule has 3 heteroatoms. The third-order valence-electron chi connectivity index (χ3n) is 10.9. The van der Waals surface area contributed by atoms with Gasteiger partial charge in [-0.2, -0.15) is 0 Å². The van der Waals surface area contributed by atoms with Gasteiger partial charge in [-0.05, 0) is 104 Å². The first kappa shape index (κ1) is 26.0. The van der Waals surface area contributed by atoms with Crippen molar-refractivity contribution in [3.8, 4) is 0 Å². The molecule has 0 saturated heterocycles. The van der Waals surface area contributed by atoms with Gasteiger partial charge in [0, 0.05) is 44.1 Å². The molecule has 30 heavy (non-hydrogen) atoms. The Labute approximate surface area is 222 Å². The molecule has 0 bridgehead atoms. The fraction of sp³-hybridized carbons (Fsp3) is 1.00. The molecule has 4 aliphatic carbocycles. The van der Waals surface area contributed by atoms with Crippen LogP contribution in [0.2, 0.25) is 0 Å². The van der Waals surface area contributed by atoms with Gasteiger partial charge >= 0.3 is 0 Å². The average Bonchev–Trinajstić information content (AvgIpc) is 3.00. The molecule has 2 nitrogen and oxygen atoms in total. The van der Waals surface area contributed by atoms with E-state index in [4.69, 9.17) is 0 Å². The average molecular weight is 632 g/mol. The monoisotopic (exact) mass is 631 g/mol. The minimum atomic E-state index is -0.136. The van der Waals surface area contributed by atoms with Gasteiger partial charge in [-0.25, -0.2) is 0 Å². The summed E-state index contributed by atoms with van der Waals surface area (Å²) in [7, 11) is 0. The molecule has 0 aromatic rings. The van der Waals surface area contributed by atoms with E-state index in [0.29, 0.717) is 28.6 Å². The molecule has 4 fully saturated rings. The molecule has 4 aliphatic rings. The number of aliphatic hydroxyl groups excluding tert-OH is 2. The van der Waals surface area contributed by atoms with Crippen LogP contribution in [0.25, 0.3) is 0 Å². The standard InChI is InChI=1S/C27H48O2.Ac/c1-17(2)7-6-8-18(3)21-9-10-22-25-23(12-14-27(21,22)5)26(4)13-11-20(28)15-19(26)16-24(25)29;/h17-25,28-29H,6-16H2,1-5H3;/t18?,19-,20+,21-,22?,23?,24-,25?,26+,27-;/m1./s1. The molecule has 0 aromatic heterocycles. The van der Waals surface area contributed by atoms with Crippen molar-refractivity contribution in [3.63, 3.8) is 0 Å². The first-order chi connectivity index (χ1) is 13.7. The third-order valence-corrected chi connectivity index (χ3v) is 10.9. The van der Waals surface area contributed by atoms with E-state index in [-0.39, 0.29) is 56.3 Å². The first-order valence-electron chi connectivity index (χ1n) is 13.0. The summed E-state index contributed by atoms with van der Waals surface area (Å²) < 4.78 is 0. The fourth-order valence-corrected chi connectivity index (χ4v) is 9.22. The Balaban J connectivity index is 0.00000256. The van der Waals surface area contributed by atoms with E-state index in [1.54, 1.807) is 0 Å². The molecule has 2 N–H and O–H groups in total. The second kappa shape index (κ2) is 9.92. The summed E-state index contributed by atoms with van der Waals surface area (Å²) in [5, 5.41) is 21.6. The summed E-state index contributed by atoms with van der Waals surface area (Å²) in [5.41, 5.74) is 0.794. The van der Waals surface area contributed by atoms with Gasteiger partial charge in [-0.3, -0.25) is 0 Å². The summed E-state index contributed by atoms with van der Waals surface area (Å²) in [6, 6.07) is 0. The Bertz CT molecular complexity index is 579. The molecule has 10 atom stereocenters. The Morgan fingerprint density at radius 2 is 1.50 bits per heavy atom. The fourth-order valence-electron chi connectivity index (χ4n) is 9.22. The van der Waals surface area contributed by atoms with E-state index < -0.39 is 0 Å². The Hall–Kier alpha value is 1.36. The summed E-state index contributed by atoms with van der Waals surface area (Å²) in [5.74, 6) is 4.94. The molecule has 4 rings (SSSR count). The molecular formula is C27H48AcO2. The maximum Gasteiger partial charge on any atom is 0.0577 e. The zero-order valence-corrected chi connectivity index (χ0v) is 25.2. The third kappa shape index (κ3) is 4.51. The second-order valence-corrected chi connectivity index (χ2v) is 12.8. The van der Waals surface area contributed by atoms with Gasteiger partial charge in [0.05, 0.1) is 12.2 Å². The van der Waals surface area contributed by atoms with Gasteiger partial charge in [0.15, 0.2) is 0 Å². The summed E-state index contributed by atoms with van der Waals surface area (Å²) in [4.78, 5) is 0. The van der Waals surface area contributed by atoms with Crippen molar-refractivity contribution in [1.82, 2.24) is 0 Å². The molecule has 4 saturated carbocycles. The summed E-state index contributed by atoms with van der Waals surface area (Å²) in [6.45, 7) is 12.4. The summed E-state index contributed by atoms with van der Waals surface area (Å²) >= 11 is 0. The maximum absolute atomic E-state index is 11.4. The van der Waals surface area contributed by atoms with E-state index >= 15 is 0 Å². The summed E-state index contributed by atoms with van der Waals surface area (Å²) in [6.07, 6.45) is 13.3. The van der Waals surface area contributed by atoms with Crippen molar-refractivity contribution in [2.45, 2.75) is 117 Å². The van der Waals surface area contributed by atoms with Crippen molar-refractivity contribution in [3.05, 3.63) is 0 Å². The van der Waals surface area contributed by atoms with Crippen LogP contribution in [0.1, 0.15) is 105 Å². The van der Waals surface area contributed by atoms with E-state index in [1.165, 1.54) is 51.4 Å². The molecule has 0 aromatic carbocycles. The molecule has 0 aliphatic heterocycles. The Morgan fingerprint density at radius 1 is 0.833 bits per heavy atom. The van der Waals surface area contributed by atoms with Crippen LogP contribution in [0.15, 0.2) is 0 Å². The van der Waals surface area contributed by atoms with Gasteiger partial charge in [0.1, 0.15) is 0 Å². The number of hydrogen-bond acceptors (Lipinski definition) is 2. The molecule has 1 radical (unpaired) electrons. The Morgan fingerprint density at radius 3 is 2.20 bits per heavy atom. The zero-order chi connectivity index (χ0) is 21.0. The van der Waals surface area contributed by atoms with Gasteiger partial charge < -0.3 is 10.2 Å². The minimum Gasteiger partial charge on any atom is -0.393 e. The molecule has 0 amide bonds. The first-order valence-corrected chi connectivity index (χ1v) is 13.0. The number of rotatable bonds is 5. The number of aliphatic hydroxyl groups is 2. The second-order valence-electron chi connectivity index (χ2n) is 12.8. The van der Waals surface area contributed by atoms with Crippen LogP contribution in [-0.4, -0.2) is 22.4 Å². The molecule has 0 heterocycles. The van der Waals surface area contributed by atoms with Crippen molar-refractivity contribution in [1.29, 1.82) is 0 Å². The molecule has 0 spiro atoms. The topological polar surface area (TPSA) is 40.5 Å². The van der Waals surface area contributed by atoms with Crippen molar-refractivity contribution < 1.29 is 54.3 Å². The van der Waals surface area contributed by atoms with Gasteiger partial charge in [-0.1, -0.05) is 53.9 Å². The number of hydrogen-bond donors (Lipinski definition) is 2. The molecule has 4 unspecified atom stereocenters. The van der Waals surface area contributed by atoms with E-state index in [1.807, 2.05) is 0 Å². The van der Waals surface area contributed by atoms with Gasteiger partial charge in [0.25, 0.3) is 0 Å². The van der Waals surface area contributed by atoms with E-state index in [2.05, 4.69) is 34.6 Å². The van der Waals surface area contributed by atoms with Crippen LogP contribution >= 0.6 is 0 Å². The Kier molecular flexibility index (Phi) is 8.59. The molecular weight excluding hydrogens is 583 g/mol. The van der Waals surface area contributed by atoms with Crippen LogP contribution in [0.5, 0.6) is 0 Å². The normalized spacial score (nSPS) is 49.0. The predicted molar refractivity (Wildman–Crippen MR) is 120 cm³/mol.